The predicted molar refractivity (Wildman–Crippen MR) is 152 cm³/mol. The monoisotopic (exact) mass is 554 g/mol. The second kappa shape index (κ2) is 14.9. The summed E-state index contributed by atoms with van der Waals surface area (Å²) in [6.07, 6.45) is 3.37. The SMILES string of the molecule is CO.NC(=S)NNc1ccnc2cc(Cl)ccc12.NC(=S)NNc1ccnc2cc(Cl)ccc12.O. The lowest BCUT2D eigenvalue weighted by Gasteiger charge is -2.10. The number of benzene rings is 2. The van der Waals surface area contributed by atoms with Crippen molar-refractivity contribution in [3.8, 4) is 0 Å². The van der Waals surface area contributed by atoms with Gasteiger partial charge in [0.25, 0.3) is 0 Å². The summed E-state index contributed by atoms with van der Waals surface area (Å²) in [5, 5.41) is 10.5. The third-order valence-electron chi connectivity index (χ3n) is 4.05. The number of pyridine rings is 2. The van der Waals surface area contributed by atoms with Gasteiger partial charge < -0.3 is 22.1 Å². The Morgan fingerprint density at radius 2 is 1.11 bits per heavy atom. The van der Waals surface area contributed by atoms with Crippen LogP contribution in [0.1, 0.15) is 0 Å². The smallest absolute Gasteiger partial charge is 0.182 e. The van der Waals surface area contributed by atoms with E-state index in [9.17, 15) is 0 Å². The zero-order valence-electron chi connectivity index (χ0n) is 18.3. The number of thiocarbonyl (C=S) groups is 2. The lowest BCUT2D eigenvalue weighted by Crippen LogP contribution is -2.33. The Balaban J connectivity index is 0.000000318. The first-order valence-electron chi connectivity index (χ1n) is 9.49. The molecule has 0 saturated heterocycles. The molecule has 0 saturated carbocycles. The summed E-state index contributed by atoms with van der Waals surface area (Å²) in [4.78, 5) is 8.43. The quantitative estimate of drug-likeness (QED) is 0.145. The number of nitrogens with zero attached hydrogens (tertiary/aromatic N) is 2. The van der Waals surface area contributed by atoms with E-state index in [1.54, 1.807) is 36.7 Å². The van der Waals surface area contributed by atoms with E-state index in [1.165, 1.54) is 0 Å². The molecule has 4 rings (SSSR count). The van der Waals surface area contributed by atoms with Gasteiger partial charge in [0.2, 0.25) is 0 Å². The van der Waals surface area contributed by atoms with Crippen molar-refractivity contribution in [1.29, 1.82) is 0 Å². The molecule has 0 aliphatic rings. The summed E-state index contributed by atoms with van der Waals surface area (Å²) in [7, 11) is 1.00. The Hall–Kier alpha value is -3.26. The van der Waals surface area contributed by atoms with E-state index in [-0.39, 0.29) is 15.7 Å². The van der Waals surface area contributed by atoms with E-state index < -0.39 is 0 Å². The predicted octanol–water partition coefficient (Wildman–Crippen LogP) is 2.88. The molecule has 2 aromatic carbocycles. The van der Waals surface area contributed by atoms with Gasteiger partial charge in [0, 0.05) is 40.3 Å². The summed E-state index contributed by atoms with van der Waals surface area (Å²) in [6.45, 7) is 0. The van der Waals surface area contributed by atoms with Crippen molar-refractivity contribution in [3.63, 3.8) is 0 Å². The van der Waals surface area contributed by atoms with Gasteiger partial charge in [-0.25, -0.2) is 0 Å². The highest BCUT2D eigenvalue weighted by Crippen LogP contribution is 2.24. The highest BCUT2D eigenvalue weighted by molar-refractivity contribution is 7.80. The largest absolute Gasteiger partial charge is 0.412 e. The molecule has 2 aromatic heterocycles. The molecule has 0 spiro atoms. The van der Waals surface area contributed by atoms with Gasteiger partial charge in [0.15, 0.2) is 10.2 Å². The van der Waals surface area contributed by atoms with Crippen LogP contribution in [0, 0.1) is 0 Å². The minimum atomic E-state index is 0. The molecule has 186 valence electrons. The number of anilines is 2. The molecule has 0 bridgehead atoms. The molecule has 0 fully saturated rings. The van der Waals surface area contributed by atoms with E-state index in [1.807, 2.05) is 24.3 Å². The third-order valence-corrected chi connectivity index (χ3v) is 4.72. The zero-order valence-corrected chi connectivity index (χ0v) is 21.5. The molecular formula is C21H24Cl2N8O2S2. The number of nitrogens with two attached hydrogens (primary N) is 2. The van der Waals surface area contributed by atoms with Gasteiger partial charge in [-0.3, -0.25) is 31.7 Å². The second-order valence-electron chi connectivity index (χ2n) is 6.27. The van der Waals surface area contributed by atoms with Gasteiger partial charge in [-0.05, 0) is 73.0 Å². The van der Waals surface area contributed by atoms with E-state index in [4.69, 9.17) is 64.2 Å². The number of hydrogen-bond donors (Lipinski definition) is 7. The molecule has 4 aromatic rings. The van der Waals surface area contributed by atoms with Crippen molar-refractivity contribution in [2.24, 2.45) is 11.5 Å². The summed E-state index contributed by atoms with van der Waals surface area (Å²) in [6, 6.07) is 14.6. The van der Waals surface area contributed by atoms with E-state index in [2.05, 4.69) is 31.7 Å². The highest BCUT2D eigenvalue weighted by Gasteiger charge is 2.03. The maximum absolute atomic E-state index is 7.00. The van der Waals surface area contributed by atoms with Crippen LogP contribution < -0.4 is 33.2 Å². The minimum absolute atomic E-state index is 0. The van der Waals surface area contributed by atoms with Gasteiger partial charge in [-0.1, -0.05) is 23.2 Å². The Morgan fingerprint density at radius 3 is 1.46 bits per heavy atom. The Labute approximate surface area is 222 Å². The van der Waals surface area contributed by atoms with Gasteiger partial charge in [-0.15, -0.1) is 0 Å². The molecule has 0 radical (unpaired) electrons. The molecule has 0 atom stereocenters. The summed E-state index contributed by atoms with van der Waals surface area (Å²) >= 11 is 21.2. The van der Waals surface area contributed by atoms with Crippen LogP contribution in [0.25, 0.3) is 21.8 Å². The first kappa shape index (κ1) is 29.8. The maximum Gasteiger partial charge on any atom is 0.182 e. The second-order valence-corrected chi connectivity index (χ2v) is 8.02. The number of hydrazine groups is 2. The summed E-state index contributed by atoms with van der Waals surface area (Å²) < 4.78 is 0. The normalized spacial score (nSPS) is 9.37. The van der Waals surface area contributed by atoms with Crippen LogP contribution >= 0.6 is 47.6 Å². The molecule has 0 unspecified atom stereocenters. The molecular weight excluding hydrogens is 531 g/mol. The third kappa shape index (κ3) is 9.13. The lowest BCUT2D eigenvalue weighted by molar-refractivity contribution is 0.399. The average molecular weight is 556 g/mol. The highest BCUT2D eigenvalue weighted by atomic mass is 35.5. The van der Waals surface area contributed by atoms with E-state index >= 15 is 0 Å². The first-order chi connectivity index (χ1) is 16.3. The maximum atomic E-state index is 7.00. The van der Waals surface area contributed by atoms with Gasteiger partial charge in [0.1, 0.15) is 0 Å². The molecule has 10 nitrogen and oxygen atoms in total. The fourth-order valence-corrected chi connectivity index (χ4v) is 3.15. The fourth-order valence-electron chi connectivity index (χ4n) is 2.72. The summed E-state index contributed by atoms with van der Waals surface area (Å²) in [5.41, 5.74) is 25.1. The van der Waals surface area contributed by atoms with Crippen molar-refractivity contribution in [1.82, 2.24) is 20.8 Å². The number of aliphatic hydroxyl groups is 1. The number of nitrogens with one attached hydrogen (secondary N) is 4. The van der Waals surface area contributed by atoms with Crippen molar-refractivity contribution in [2.45, 2.75) is 0 Å². The average Bonchev–Trinajstić information content (AvgIpc) is 2.82. The van der Waals surface area contributed by atoms with Crippen LogP contribution in [0.4, 0.5) is 11.4 Å². The molecule has 11 N–H and O–H groups in total. The van der Waals surface area contributed by atoms with E-state index in [0.717, 1.165) is 40.3 Å². The lowest BCUT2D eigenvalue weighted by atomic mass is 10.2. The number of aromatic nitrogens is 2. The van der Waals surface area contributed by atoms with Crippen molar-refractivity contribution < 1.29 is 10.6 Å². The Kier molecular flexibility index (Phi) is 12.7. The molecule has 14 heteroatoms. The summed E-state index contributed by atoms with van der Waals surface area (Å²) in [5.74, 6) is 0. The van der Waals surface area contributed by atoms with Crippen LogP contribution in [0.2, 0.25) is 10.0 Å². The Bertz CT molecular complexity index is 1200. The Morgan fingerprint density at radius 1 is 0.743 bits per heavy atom. The number of fused-ring (bicyclic) bond motifs is 2. The van der Waals surface area contributed by atoms with Crippen LogP contribution in [-0.4, -0.2) is 37.9 Å². The molecule has 0 aliphatic carbocycles. The minimum Gasteiger partial charge on any atom is -0.412 e. The van der Waals surface area contributed by atoms with Crippen LogP contribution in [0.15, 0.2) is 60.9 Å². The standard InChI is InChI=1S/2C10H9ClN4S.CH4O.H2O/c2*11-6-1-2-7-8(14-15-10(12)16)3-4-13-9(7)5-6;1-2;/h2*1-5H,(H,13,14)(H3,12,15,16);2H,1H3;1H2. The van der Waals surface area contributed by atoms with E-state index in [0.29, 0.717) is 10.0 Å². The van der Waals surface area contributed by atoms with Gasteiger partial charge in [0.05, 0.1) is 22.4 Å². The zero-order chi connectivity index (χ0) is 25.1. The van der Waals surface area contributed by atoms with Gasteiger partial charge >= 0.3 is 0 Å². The number of aliphatic hydroxyl groups excluding tert-OH is 1. The molecule has 2 heterocycles. The molecule has 0 amide bonds. The number of hydrogen-bond acceptors (Lipinski definition) is 7. The van der Waals surface area contributed by atoms with Crippen LogP contribution in [0.5, 0.6) is 0 Å². The van der Waals surface area contributed by atoms with Crippen molar-refractivity contribution >= 4 is 91.0 Å². The van der Waals surface area contributed by atoms with Gasteiger partial charge in [-0.2, -0.15) is 0 Å². The van der Waals surface area contributed by atoms with Crippen LogP contribution in [-0.2, 0) is 0 Å². The number of rotatable bonds is 4. The topological polar surface area (TPSA) is 178 Å². The molecule has 35 heavy (non-hydrogen) atoms. The van der Waals surface area contributed by atoms with Crippen molar-refractivity contribution in [2.75, 3.05) is 18.0 Å². The van der Waals surface area contributed by atoms with Crippen molar-refractivity contribution in [3.05, 3.63) is 71.0 Å². The first-order valence-corrected chi connectivity index (χ1v) is 11.1. The van der Waals surface area contributed by atoms with Crippen LogP contribution in [0.3, 0.4) is 0 Å². The molecule has 0 aliphatic heterocycles. The number of halogens is 2. The fraction of sp³-hybridized carbons (Fsp3) is 0.0476.